The Hall–Kier alpha value is -4.11. The Kier molecular flexibility index (Phi) is 8.21. The van der Waals surface area contributed by atoms with Crippen LogP contribution in [0.2, 0.25) is 0 Å². The Morgan fingerprint density at radius 1 is 0.625 bits per heavy atom. The number of rotatable bonds is 9. The van der Waals surface area contributed by atoms with E-state index in [1.807, 2.05) is 0 Å². The van der Waals surface area contributed by atoms with Crippen LogP contribution in [0.1, 0.15) is 79.1 Å². The number of nitrogens with one attached hydrogen (secondary N) is 2. The predicted octanol–water partition coefficient (Wildman–Crippen LogP) is 10.2. The maximum absolute atomic E-state index is 5.35. The van der Waals surface area contributed by atoms with Gasteiger partial charge in [-0.2, -0.15) is 0 Å². The van der Waals surface area contributed by atoms with Crippen LogP contribution in [0.5, 0.6) is 0 Å². The summed E-state index contributed by atoms with van der Waals surface area (Å²) in [7, 11) is 0. The number of benzene rings is 4. The van der Waals surface area contributed by atoms with Crippen LogP contribution in [-0.4, -0.2) is 4.98 Å². The van der Waals surface area contributed by atoms with Crippen molar-refractivity contribution in [2.75, 3.05) is 10.6 Å². The van der Waals surface area contributed by atoms with E-state index in [1.165, 1.54) is 33.5 Å². The van der Waals surface area contributed by atoms with Gasteiger partial charge in [-0.25, -0.2) is 4.98 Å². The average molecular weight is 528 g/mol. The van der Waals surface area contributed by atoms with Crippen LogP contribution in [0.15, 0.2) is 97.1 Å². The lowest BCUT2D eigenvalue weighted by molar-refractivity contribution is 0.737. The lowest BCUT2D eigenvalue weighted by Gasteiger charge is -2.27. The highest BCUT2D eigenvalue weighted by molar-refractivity contribution is 5.92. The van der Waals surface area contributed by atoms with Crippen molar-refractivity contribution in [3.8, 4) is 0 Å². The first kappa shape index (κ1) is 27.5. The lowest BCUT2D eigenvalue weighted by atomic mass is 9.91. The van der Waals surface area contributed by atoms with E-state index in [9.17, 15) is 0 Å². The fourth-order valence-electron chi connectivity index (χ4n) is 5.57. The smallest absolute Gasteiger partial charge is 0.0940 e. The van der Waals surface area contributed by atoms with Crippen LogP contribution in [-0.2, 0) is 6.42 Å². The molecule has 3 nitrogen and oxygen atoms in total. The highest BCUT2D eigenvalue weighted by Crippen LogP contribution is 2.36. The van der Waals surface area contributed by atoms with Crippen molar-refractivity contribution in [2.24, 2.45) is 0 Å². The third kappa shape index (κ3) is 5.89. The third-order valence-corrected chi connectivity index (χ3v) is 7.81. The SMILES string of the molecule is Cc1cccc(C)c1Nc1cccc2ccc(C(Cc3ccccc3)Nc3c(C(C)C)cccc3C(C)C)nc12. The molecule has 0 bridgehead atoms. The number of anilines is 3. The summed E-state index contributed by atoms with van der Waals surface area (Å²) >= 11 is 0. The number of aryl methyl sites for hydroxylation is 2. The quantitative estimate of drug-likeness (QED) is 0.200. The summed E-state index contributed by atoms with van der Waals surface area (Å²) in [6, 6.07) is 34.7. The molecule has 4 aromatic carbocycles. The molecule has 2 N–H and O–H groups in total. The van der Waals surface area contributed by atoms with Gasteiger partial charge in [-0.05, 0) is 72.1 Å². The number of fused-ring (bicyclic) bond motifs is 1. The number of hydrogen-bond donors (Lipinski definition) is 2. The molecule has 0 aliphatic heterocycles. The topological polar surface area (TPSA) is 37.0 Å². The van der Waals surface area contributed by atoms with Crippen molar-refractivity contribution in [2.45, 2.75) is 65.8 Å². The van der Waals surface area contributed by atoms with Gasteiger partial charge in [0, 0.05) is 16.8 Å². The van der Waals surface area contributed by atoms with E-state index in [0.717, 1.165) is 34.4 Å². The van der Waals surface area contributed by atoms with Gasteiger partial charge in [-0.3, -0.25) is 0 Å². The normalized spacial score (nSPS) is 12.2. The molecule has 1 unspecified atom stereocenters. The minimum absolute atomic E-state index is 0.0115. The van der Waals surface area contributed by atoms with Crippen molar-refractivity contribution >= 4 is 28.0 Å². The molecule has 40 heavy (non-hydrogen) atoms. The Morgan fingerprint density at radius 2 is 1.25 bits per heavy atom. The molecule has 0 saturated carbocycles. The molecule has 0 aliphatic rings. The summed E-state index contributed by atoms with van der Waals surface area (Å²) in [5.41, 5.74) is 11.9. The Bertz CT molecular complexity index is 1550. The molecule has 0 radical (unpaired) electrons. The van der Waals surface area contributed by atoms with E-state index >= 15 is 0 Å². The van der Waals surface area contributed by atoms with E-state index in [4.69, 9.17) is 4.98 Å². The van der Waals surface area contributed by atoms with Crippen LogP contribution in [0.4, 0.5) is 17.1 Å². The van der Waals surface area contributed by atoms with Gasteiger partial charge in [0.1, 0.15) is 0 Å². The van der Waals surface area contributed by atoms with E-state index in [2.05, 4.69) is 149 Å². The van der Waals surface area contributed by atoms with Crippen LogP contribution in [0.25, 0.3) is 10.9 Å². The highest BCUT2D eigenvalue weighted by Gasteiger charge is 2.21. The largest absolute Gasteiger partial charge is 0.376 e. The molecule has 0 spiro atoms. The molecule has 1 heterocycles. The molecule has 0 amide bonds. The Morgan fingerprint density at radius 3 is 1.90 bits per heavy atom. The first-order chi connectivity index (χ1) is 19.3. The van der Waals surface area contributed by atoms with Crippen molar-refractivity contribution in [3.05, 3.63) is 131 Å². The number of para-hydroxylation sites is 3. The summed E-state index contributed by atoms with van der Waals surface area (Å²) in [5.74, 6) is 0.826. The van der Waals surface area contributed by atoms with Crippen LogP contribution >= 0.6 is 0 Å². The standard InChI is InChI=1S/C37H41N3/c1-24(2)30-18-12-19-31(25(3)4)37(30)40-34(23-28-15-8-7-9-16-28)32-22-21-29-17-11-20-33(36(29)38-32)39-35-26(5)13-10-14-27(35)6/h7-22,24-25,34,39-40H,23H2,1-6H3. The minimum Gasteiger partial charge on any atom is -0.376 e. The number of aromatic nitrogens is 1. The fraction of sp³-hybridized carbons (Fsp3) is 0.270. The molecular formula is C37H41N3. The van der Waals surface area contributed by atoms with E-state index < -0.39 is 0 Å². The van der Waals surface area contributed by atoms with Gasteiger partial charge in [0.05, 0.1) is 22.9 Å². The summed E-state index contributed by atoms with van der Waals surface area (Å²) < 4.78 is 0. The second kappa shape index (κ2) is 12.0. The summed E-state index contributed by atoms with van der Waals surface area (Å²) in [4.78, 5) is 5.35. The lowest BCUT2D eigenvalue weighted by Crippen LogP contribution is -2.18. The van der Waals surface area contributed by atoms with Gasteiger partial charge < -0.3 is 10.6 Å². The van der Waals surface area contributed by atoms with Gasteiger partial charge in [0.2, 0.25) is 0 Å². The maximum Gasteiger partial charge on any atom is 0.0940 e. The van der Waals surface area contributed by atoms with Gasteiger partial charge in [-0.1, -0.05) is 113 Å². The first-order valence-electron chi connectivity index (χ1n) is 14.5. The zero-order valence-electron chi connectivity index (χ0n) is 24.6. The Labute approximate surface area is 239 Å². The molecule has 1 aromatic heterocycles. The molecule has 0 aliphatic carbocycles. The van der Waals surface area contributed by atoms with Gasteiger partial charge >= 0.3 is 0 Å². The summed E-state index contributed by atoms with van der Waals surface area (Å²) in [6.45, 7) is 13.4. The molecule has 3 heteroatoms. The molecule has 1 atom stereocenters. The maximum atomic E-state index is 5.35. The van der Waals surface area contributed by atoms with Crippen LogP contribution in [0.3, 0.4) is 0 Å². The zero-order chi connectivity index (χ0) is 28.2. The average Bonchev–Trinajstić information content (AvgIpc) is 2.95. The number of pyridine rings is 1. The van der Waals surface area contributed by atoms with Crippen molar-refractivity contribution in [1.82, 2.24) is 4.98 Å². The van der Waals surface area contributed by atoms with Gasteiger partial charge in [0.15, 0.2) is 0 Å². The van der Waals surface area contributed by atoms with Gasteiger partial charge in [0.25, 0.3) is 0 Å². The second-order valence-electron chi connectivity index (χ2n) is 11.5. The first-order valence-corrected chi connectivity index (χ1v) is 14.5. The molecular weight excluding hydrogens is 486 g/mol. The minimum atomic E-state index is 0.0115. The van der Waals surface area contributed by atoms with Crippen molar-refractivity contribution in [3.63, 3.8) is 0 Å². The third-order valence-electron chi connectivity index (χ3n) is 7.81. The molecule has 204 valence electrons. The Balaban J connectivity index is 1.62. The monoisotopic (exact) mass is 527 g/mol. The molecule has 0 fully saturated rings. The van der Waals surface area contributed by atoms with E-state index in [0.29, 0.717) is 11.8 Å². The zero-order valence-corrected chi connectivity index (χ0v) is 24.6. The van der Waals surface area contributed by atoms with Crippen LogP contribution in [0, 0.1) is 13.8 Å². The van der Waals surface area contributed by atoms with E-state index in [-0.39, 0.29) is 6.04 Å². The molecule has 5 rings (SSSR count). The molecule has 0 saturated heterocycles. The molecule has 5 aromatic rings. The van der Waals surface area contributed by atoms with E-state index in [1.54, 1.807) is 0 Å². The summed E-state index contributed by atoms with van der Waals surface area (Å²) in [5, 5.41) is 8.86. The highest BCUT2D eigenvalue weighted by atomic mass is 15.0. The second-order valence-corrected chi connectivity index (χ2v) is 11.5. The van der Waals surface area contributed by atoms with Gasteiger partial charge in [-0.15, -0.1) is 0 Å². The fourth-order valence-corrected chi connectivity index (χ4v) is 5.57. The number of nitrogens with zero attached hydrogens (tertiary/aromatic N) is 1. The predicted molar refractivity (Wildman–Crippen MR) is 172 cm³/mol. The van der Waals surface area contributed by atoms with Crippen molar-refractivity contribution in [1.29, 1.82) is 0 Å². The summed E-state index contributed by atoms with van der Waals surface area (Å²) in [6.07, 6.45) is 0.843. The van der Waals surface area contributed by atoms with Crippen molar-refractivity contribution < 1.29 is 0 Å². The van der Waals surface area contributed by atoms with Crippen LogP contribution < -0.4 is 10.6 Å². The number of hydrogen-bond acceptors (Lipinski definition) is 3.